The molecule has 0 saturated carbocycles. The van der Waals surface area contributed by atoms with Gasteiger partial charge in [-0.25, -0.2) is 4.98 Å². The van der Waals surface area contributed by atoms with E-state index >= 15 is 0 Å². The average molecular weight is 434 g/mol. The smallest absolute Gasteiger partial charge is 0.224 e. The van der Waals surface area contributed by atoms with Crippen LogP contribution in [0.1, 0.15) is 35.4 Å². The predicted octanol–water partition coefficient (Wildman–Crippen LogP) is 4.49. The Hall–Kier alpha value is -3.86. The summed E-state index contributed by atoms with van der Waals surface area (Å²) in [6.45, 7) is 6.43. The number of hydrogen-bond donors (Lipinski definition) is 1. The Labute approximate surface area is 187 Å². The molecule has 32 heavy (non-hydrogen) atoms. The number of aryl methyl sites for hydroxylation is 3. The van der Waals surface area contributed by atoms with Crippen LogP contribution in [0.15, 0.2) is 36.5 Å². The summed E-state index contributed by atoms with van der Waals surface area (Å²) in [7, 11) is 1.59. The number of hydrogen-bond acceptors (Lipinski definition) is 6. The number of ether oxygens (including phenoxy) is 2. The lowest BCUT2D eigenvalue weighted by Gasteiger charge is -2.11. The maximum absolute atomic E-state index is 12.4. The molecule has 0 fully saturated rings. The highest BCUT2D eigenvalue weighted by molar-refractivity contribution is 5.90. The van der Waals surface area contributed by atoms with Crippen LogP contribution in [0.2, 0.25) is 0 Å². The third kappa shape index (κ3) is 5.64. The van der Waals surface area contributed by atoms with Gasteiger partial charge in [0.15, 0.2) is 11.5 Å². The van der Waals surface area contributed by atoms with E-state index in [9.17, 15) is 4.79 Å². The molecule has 0 aliphatic heterocycles. The molecule has 1 amide bonds. The minimum absolute atomic E-state index is 0.107. The first-order chi connectivity index (χ1) is 15.4. The van der Waals surface area contributed by atoms with Crippen LogP contribution in [0, 0.1) is 32.1 Å². The highest BCUT2D eigenvalue weighted by Crippen LogP contribution is 2.31. The average Bonchev–Trinajstić information content (AvgIpc) is 3.05. The summed E-state index contributed by atoms with van der Waals surface area (Å²) in [6.07, 6.45) is 2.87. The Morgan fingerprint density at radius 2 is 2.00 bits per heavy atom. The van der Waals surface area contributed by atoms with Crippen molar-refractivity contribution in [2.75, 3.05) is 12.4 Å². The zero-order valence-electron chi connectivity index (χ0n) is 18.8. The van der Waals surface area contributed by atoms with Gasteiger partial charge < -0.3 is 14.8 Å². The topological polar surface area (TPSA) is 102 Å². The fraction of sp³-hybridized carbons (Fsp3) is 0.333. The maximum atomic E-state index is 12.4. The number of nitrogens with zero attached hydrogens (tertiary/aromatic N) is 4. The van der Waals surface area contributed by atoms with Gasteiger partial charge in [-0.15, -0.1) is 0 Å². The fourth-order valence-electron chi connectivity index (χ4n) is 3.42. The van der Waals surface area contributed by atoms with Crippen LogP contribution in [0.5, 0.6) is 17.4 Å². The molecule has 0 spiro atoms. The van der Waals surface area contributed by atoms with Gasteiger partial charge in [0.1, 0.15) is 0 Å². The molecular weight excluding hydrogens is 406 g/mol. The number of aromatic nitrogens is 3. The zero-order chi connectivity index (χ0) is 23.1. The number of methoxy groups -OCH3 is 1. The van der Waals surface area contributed by atoms with Crippen LogP contribution in [-0.4, -0.2) is 27.8 Å². The molecule has 8 heteroatoms. The summed E-state index contributed by atoms with van der Waals surface area (Å²) < 4.78 is 13.0. The molecule has 0 saturated heterocycles. The van der Waals surface area contributed by atoms with Gasteiger partial charge in [0.25, 0.3) is 0 Å². The summed E-state index contributed by atoms with van der Waals surface area (Å²) in [6, 6.07) is 11.2. The molecule has 0 radical (unpaired) electrons. The number of benzene rings is 1. The van der Waals surface area contributed by atoms with Crippen LogP contribution in [0.25, 0.3) is 0 Å². The summed E-state index contributed by atoms with van der Waals surface area (Å²) >= 11 is 0. The highest BCUT2D eigenvalue weighted by Gasteiger charge is 2.13. The number of anilines is 1. The van der Waals surface area contributed by atoms with E-state index in [2.05, 4.69) is 21.5 Å². The van der Waals surface area contributed by atoms with Crippen LogP contribution >= 0.6 is 0 Å². The molecule has 2 aromatic heterocycles. The van der Waals surface area contributed by atoms with Crippen molar-refractivity contribution in [3.05, 3.63) is 59.0 Å². The number of pyridine rings is 1. The molecule has 166 valence electrons. The summed E-state index contributed by atoms with van der Waals surface area (Å²) in [5.74, 6) is 1.50. The third-order valence-electron chi connectivity index (χ3n) is 5.12. The van der Waals surface area contributed by atoms with E-state index in [4.69, 9.17) is 14.7 Å². The van der Waals surface area contributed by atoms with Crippen molar-refractivity contribution in [1.29, 1.82) is 5.26 Å². The van der Waals surface area contributed by atoms with Crippen LogP contribution < -0.4 is 14.8 Å². The molecule has 0 atom stereocenters. The number of carbonyl (C=O) groups excluding carboxylic acids is 1. The molecular formula is C24H27N5O3. The molecule has 0 aliphatic rings. The Bertz CT molecular complexity index is 1130. The molecule has 1 aromatic carbocycles. The van der Waals surface area contributed by atoms with E-state index in [0.717, 1.165) is 22.5 Å². The van der Waals surface area contributed by atoms with Gasteiger partial charge >= 0.3 is 0 Å². The number of carbonyl (C=O) groups is 1. The number of rotatable bonds is 9. The number of nitriles is 1. The van der Waals surface area contributed by atoms with E-state index in [1.807, 2.05) is 43.7 Å². The van der Waals surface area contributed by atoms with Gasteiger partial charge in [-0.3, -0.25) is 9.48 Å². The molecule has 0 bridgehead atoms. The molecule has 8 nitrogen and oxygen atoms in total. The van der Waals surface area contributed by atoms with Gasteiger partial charge in [0.05, 0.1) is 43.7 Å². The lowest BCUT2D eigenvalue weighted by atomic mass is 10.1. The van der Waals surface area contributed by atoms with Crippen LogP contribution in [0.4, 0.5) is 5.69 Å². The Balaban J connectivity index is 1.56. The first-order valence-electron chi connectivity index (χ1n) is 10.4. The van der Waals surface area contributed by atoms with Crippen molar-refractivity contribution in [3.8, 4) is 23.4 Å². The van der Waals surface area contributed by atoms with Gasteiger partial charge in [0.2, 0.25) is 11.8 Å². The molecule has 1 N–H and O–H groups in total. The van der Waals surface area contributed by atoms with Gasteiger partial charge in [-0.1, -0.05) is 6.07 Å². The van der Waals surface area contributed by atoms with Crippen LogP contribution in [-0.2, 0) is 17.8 Å². The highest BCUT2D eigenvalue weighted by atomic mass is 16.5. The molecule has 3 aromatic rings. The first kappa shape index (κ1) is 22.8. The second-order valence-corrected chi connectivity index (χ2v) is 7.47. The molecule has 2 heterocycles. The summed E-state index contributed by atoms with van der Waals surface area (Å²) in [5, 5.41) is 16.1. The summed E-state index contributed by atoms with van der Waals surface area (Å²) in [4.78, 5) is 16.7. The minimum atomic E-state index is -0.107. The minimum Gasteiger partial charge on any atom is -0.493 e. The van der Waals surface area contributed by atoms with Gasteiger partial charge in [-0.2, -0.15) is 10.4 Å². The second-order valence-electron chi connectivity index (χ2n) is 7.47. The van der Waals surface area contributed by atoms with E-state index in [1.54, 1.807) is 25.4 Å². The lowest BCUT2D eigenvalue weighted by molar-refractivity contribution is -0.116. The van der Waals surface area contributed by atoms with Crippen molar-refractivity contribution < 1.29 is 14.3 Å². The van der Waals surface area contributed by atoms with E-state index < -0.39 is 0 Å². The SMILES string of the molecule is COc1cc(C)ccc1Oc1ccc(NC(=O)CCc2c(C)nn(CCC#N)c2C)cn1. The van der Waals surface area contributed by atoms with Crippen molar-refractivity contribution in [2.24, 2.45) is 0 Å². The standard InChI is InChI=1S/C24H27N5O3/c1-16-6-9-21(22(14-16)31-4)32-24-11-7-19(15-26-24)27-23(30)10-8-20-17(2)28-29(18(20)3)13-5-12-25/h6-7,9,11,14-15H,5,8,10,13H2,1-4H3,(H,27,30). The third-order valence-corrected chi connectivity index (χ3v) is 5.12. The Kier molecular flexibility index (Phi) is 7.45. The quantitative estimate of drug-likeness (QED) is 0.533. The molecule has 0 unspecified atom stereocenters. The summed E-state index contributed by atoms with van der Waals surface area (Å²) in [5.41, 5.74) is 4.60. The van der Waals surface area contributed by atoms with Crippen molar-refractivity contribution in [1.82, 2.24) is 14.8 Å². The number of amides is 1. The van der Waals surface area contributed by atoms with E-state index in [-0.39, 0.29) is 5.91 Å². The second kappa shape index (κ2) is 10.4. The van der Waals surface area contributed by atoms with Gasteiger partial charge in [-0.05, 0) is 56.5 Å². The molecule has 0 aliphatic carbocycles. The fourth-order valence-corrected chi connectivity index (χ4v) is 3.42. The molecule has 3 rings (SSSR count). The van der Waals surface area contributed by atoms with E-state index in [1.165, 1.54) is 0 Å². The van der Waals surface area contributed by atoms with Gasteiger partial charge in [0, 0.05) is 18.2 Å². The number of nitrogens with one attached hydrogen (secondary N) is 1. The van der Waals surface area contributed by atoms with E-state index in [0.29, 0.717) is 48.9 Å². The Morgan fingerprint density at radius 1 is 1.19 bits per heavy atom. The zero-order valence-corrected chi connectivity index (χ0v) is 18.8. The predicted molar refractivity (Wildman–Crippen MR) is 121 cm³/mol. The maximum Gasteiger partial charge on any atom is 0.224 e. The normalized spacial score (nSPS) is 10.5. The van der Waals surface area contributed by atoms with Crippen molar-refractivity contribution in [3.63, 3.8) is 0 Å². The van der Waals surface area contributed by atoms with Crippen molar-refractivity contribution >= 4 is 11.6 Å². The lowest BCUT2D eigenvalue weighted by Crippen LogP contribution is -2.13. The van der Waals surface area contributed by atoms with Crippen molar-refractivity contribution in [2.45, 2.75) is 46.6 Å². The largest absolute Gasteiger partial charge is 0.493 e. The monoisotopic (exact) mass is 433 g/mol. The Morgan fingerprint density at radius 3 is 2.69 bits per heavy atom. The first-order valence-corrected chi connectivity index (χ1v) is 10.4. The van der Waals surface area contributed by atoms with Crippen LogP contribution in [0.3, 0.4) is 0 Å².